The molecule has 2 N–H and O–H groups in total. The Hall–Kier alpha value is 0.540. The number of allylic oxidation sites excluding steroid dienone is 4. The summed E-state index contributed by atoms with van der Waals surface area (Å²) in [5.74, 6) is 2.83. The predicted octanol–water partition coefficient (Wildman–Crippen LogP) is 6.01. The normalized spacial score (nSPS) is 9.89. The third-order valence-corrected chi connectivity index (χ3v) is 0.586. The maximum atomic E-state index is 2.99. The third kappa shape index (κ3) is 130. The second-order valence-corrected chi connectivity index (χ2v) is 5.74. The van der Waals surface area contributed by atoms with Gasteiger partial charge in [0.05, 0.1) is 0 Å². The number of hydrogen-bond donors (Lipinski definition) is 0. The molecule has 0 spiro atoms. The Labute approximate surface area is 141 Å². The number of hydrogen-bond acceptors (Lipinski definition) is 0. The summed E-state index contributed by atoms with van der Waals surface area (Å²) in [6, 6.07) is 0. The fourth-order valence-electron chi connectivity index (χ4n) is 0.340. The molecule has 0 fully saturated rings. The van der Waals surface area contributed by atoms with Gasteiger partial charge in [-0.3, -0.25) is 6.08 Å². The topological polar surface area (TPSA) is 33.5 Å². The molecular formula is C15H34NSiZr-2. The molecule has 0 amide bonds. The van der Waals surface area contributed by atoms with E-state index in [2.05, 4.69) is 66.8 Å². The first-order valence-electron chi connectivity index (χ1n) is 5.87. The molecule has 1 aliphatic rings. The average Bonchev–Trinajstić information content (AvgIpc) is 2.57. The summed E-state index contributed by atoms with van der Waals surface area (Å²) in [5.41, 5.74) is 0. The zero-order valence-electron chi connectivity index (χ0n) is 15.6. The van der Waals surface area contributed by atoms with Gasteiger partial charge >= 0.3 is 26.2 Å². The van der Waals surface area contributed by atoms with Crippen molar-refractivity contribution in [3.8, 4) is 0 Å². The van der Waals surface area contributed by atoms with Gasteiger partial charge in [0, 0.05) is 9.52 Å². The van der Waals surface area contributed by atoms with Crippen molar-refractivity contribution < 1.29 is 29.1 Å². The van der Waals surface area contributed by atoms with Crippen LogP contribution in [0.5, 0.6) is 0 Å². The molecule has 0 heterocycles. The van der Waals surface area contributed by atoms with Crippen LogP contribution in [0.3, 0.4) is 0 Å². The van der Waals surface area contributed by atoms with E-state index < -0.39 is 0 Å². The van der Waals surface area contributed by atoms with Gasteiger partial charge in [0.1, 0.15) is 0 Å². The van der Waals surface area contributed by atoms with Crippen LogP contribution in [0.15, 0.2) is 18.2 Å². The molecular weight excluding hydrogens is 313 g/mol. The van der Waals surface area contributed by atoms with E-state index in [1.165, 1.54) is 11.8 Å². The molecule has 0 aromatic heterocycles. The van der Waals surface area contributed by atoms with Gasteiger partial charge < -0.3 is 20.8 Å². The summed E-state index contributed by atoms with van der Waals surface area (Å²) in [6.07, 6.45) is 10.0. The van der Waals surface area contributed by atoms with Crippen LogP contribution in [0.2, 0.25) is 13.1 Å². The zero-order valence-corrected chi connectivity index (χ0v) is 17.2. The van der Waals surface area contributed by atoms with E-state index in [9.17, 15) is 0 Å². The van der Waals surface area contributed by atoms with E-state index in [0.717, 1.165) is 15.9 Å². The maximum Gasteiger partial charge on any atom is 4.00 e. The van der Waals surface area contributed by atoms with Crippen molar-refractivity contribution in [2.75, 3.05) is 0 Å². The first-order chi connectivity index (χ1) is 7.38. The fourth-order valence-corrected chi connectivity index (χ4v) is 0.340. The van der Waals surface area contributed by atoms with Crippen LogP contribution in [0, 0.1) is 17.9 Å². The molecule has 0 aromatic carbocycles. The van der Waals surface area contributed by atoms with Crippen LogP contribution >= 0.6 is 0 Å². The van der Waals surface area contributed by atoms with Crippen LogP contribution in [0.25, 0.3) is 6.15 Å². The summed E-state index contributed by atoms with van der Waals surface area (Å²) < 4.78 is 0. The second-order valence-electron chi connectivity index (χ2n) is 4.58. The minimum atomic E-state index is 0. The number of nitrogens with two attached hydrogens (primary N) is 1. The Morgan fingerprint density at radius 3 is 1.33 bits per heavy atom. The van der Waals surface area contributed by atoms with Crippen LogP contribution in [-0.4, -0.2) is 9.52 Å². The summed E-state index contributed by atoms with van der Waals surface area (Å²) in [6.45, 7) is 16.9. The van der Waals surface area contributed by atoms with Gasteiger partial charge in [0.25, 0.3) is 0 Å². The summed E-state index contributed by atoms with van der Waals surface area (Å²) >= 11 is 0. The monoisotopic (exact) mass is 346 g/mol. The summed E-state index contributed by atoms with van der Waals surface area (Å²) in [5, 5.41) is 0. The third-order valence-electron chi connectivity index (χ3n) is 0.586. The molecule has 1 rings (SSSR count). The molecule has 0 aliphatic heterocycles. The molecule has 1 nitrogen and oxygen atoms in total. The quantitative estimate of drug-likeness (QED) is 0.380. The average molecular weight is 348 g/mol. The Morgan fingerprint density at radius 1 is 1.00 bits per heavy atom. The standard InChI is InChI=1S/C5H5.2C4H9.C2H7Si.H2N.Zr.2H/c1-2-4-5-3-1;2*1-4(2)3;1-3-2;;;;/h1-3H,4H2;2*1-3H3;3H,1-2H3;1H2;;;/q3*-1;;-1;+4;2*-1. The molecule has 3 heteroatoms. The molecule has 0 aromatic rings. The maximum absolute atomic E-state index is 2.99. The van der Waals surface area contributed by atoms with Crippen LogP contribution in [0.1, 0.15) is 50.8 Å². The molecule has 1 radical (unpaired) electrons. The Morgan fingerprint density at radius 2 is 1.28 bits per heavy atom. The van der Waals surface area contributed by atoms with Gasteiger partial charge in [-0.05, 0) is 0 Å². The fraction of sp³-hybridized carbons (Fsp3) is 0.600. The van der Waals surface area contributed by atoms with E-state index in [1.54, 1.807) is 0 Å². The summed E-state index contributed by atoms with van der Waals surface area (Å²) in [7, 11) is 0.750. The summed E-state index contributed by atoms with van der Waals surface area (Å²) in [4.78, 5) is 0. The number of rotatable bonds is 0. The van der Waals surface area contributed by atoms with Crippen molar-refractivity contribution in [1.82, 2.24) is 0 Å². The van der Waals surface area contributed by atoms with Gasteiger partial charge in [0.15, 0.2) is 0 Å². The van der Waals surface area contributed by atoms with Crippen molar-refractivity contribution >= 4 is 9.52 Å². The van der Waals surface area contributed by atoms with Crippen molar-refractivity contribution in [2.24, 2.45) is 0 Å². The van der Waals surface area contributed by atoms with Gasteiger partial charge in [-0.15, -0.1) is 6.42 Å². The van der Waals surface area contributed by atoms with Crippen molar-refractivity contribution in [3.05, 3.63) is 42.3 Å². The molecule has 0 atom stereocenters. The van der Waals surface area contributed by atoms with Gasteiger partial charge in [-0.2, -0.15) is 47.6 Å². The Bertz CT molecular complexity index is 142. The molecule has 0 saturated carbocycles. The van der Waals surface area contributed by atoms with Crippen LogP contribution in [0.4, 0.5) is 0 Å². The molecule has 18 heavy (non-hydrogen) atoms. The molecule has 0 saturated heterocycles. The van der Waals surface area contributed by atoms with Gasteiger partial charge in [0.2, 0.25) is 0 Å². The van der Waals surface area contributed by atoms with Crippen LogP contribution < -0.4 is 0 Å². The first kappa shape index (κ1) is 31.1. The predicted molar refractivity (Wildman–Crippen MR) is 88.5 cm³/mol. The molecule has 109 valence electrons. The van der Waals surface area contributed by atoms with E-state index in [1.807, 2.05) is 12.2 Å². The smallest absolute Gasteiger partial charge is 1.00 e. The molecule has 0 bridgehead atoms. The van der Waals surface area contributed by atoms with Crippen molar-refractivity contribution in [3.63, 3.8) is 0 Å². The van der Waals surface area contributed by atoms with E-state index in [0.29, 0.717) is 0 Å². The van der Waals surface area contributed by atoms with Crippen molar-refractivity contribution in [2.45, 2.75) is 61.1 Å². The van der Waals surface area contributed by atoms with E-state index in [4.69, 9.17) is 0 Å². The SMILES string of the molecule is C[C-](C)C.C[C-](C)C.C[SiH]C.[C-]1=CC=CC1.[H-].[H-].[NH2-].[Zr+4]. The second kappa shape index (κ2) is 30.5. The van der Waals surface area contributed by atoms with Crippen molar-refractivity contribution in [1.29, 1.82) is 0 Å². The Kier molecular flexibility index (Phi) is 52.7. The first-order valence-corrected chi connectivity index (χ1v) is 8.18. The minimum Gasteiger partial charge on any atom is -1.00 e. The van der Waals surface area contributed by atoms with E-state index in [-0.39, 0.29) is 35.2 Å². The Balaban J connectivity index is -0.0000000215. The molecule has 0 unspecified atom stereocenters. The van der Waals surface area contributed by atoms with Gasteiger partial charge in [-0.1, -0.05) is 13.1 Å². The van der Waals surface area contributed by atoms with Crippen LogP contribution in [-0.2, 0) is 26.2 Å². The minimum absolute atomic E-state index is 0. The largest absolute Gasteiger partial charge is 4.00 e. The molecule has 1 aliphatic carbocycles. The zero-order chi connectivity index (χ0) is 13.4. The van der Waals surface area contributed by atoms with Gasteiger partial charge in [-0.25, -0.2) is 12.2 Å². The van der Waals surface area contributed by atoms with E-state index >= 15 is 0 Å².